The zero-order valence-electron chi connectivity index (χ0n) is 9.43. The number of hydrogen-bond acceptors (Lipinski definition) is 4. The summed E-state index contributed by atoms with van der Waals surface area (Å²) < 4.78 is 89.5. The molecule has 1 N–H and O–H groups in total. The fourth-order valence-corrected chi connectivity index (χ4v) is 3.60. The van der Waals surface area contributed by atoms with Crippen LogP contribution in [0.2, 0.25) is 4.47 Å². The largest absolute Gasteiger partial charge is 0.273 e. The van der Waals surface area contributed by atoms with E-state index in [0.717, 1.165) is 6.20 Å². The van der Waals surface area contributed by atoms with Crippen molar-refractivity contribution in [2.45, 2.75) is 4.21 Å². The maximum Gasteiger partial charge on any atom is 0.273 e. The lowest BCUT2D eigenvalue weighted by Crippen LogP contribution is -2.16. The van der Waals surface area contributed by atoms with E-state index in [1.807, 2.05) is 0 Å². The van der Waals surface area contributed by atoms with Crippen molar-refractivity contribution < 1.29 is 30.4 Å². The Bertz CT molecular complexity index is 795. The van der Waals surface area contributed by atoms with Crippen molar-refractivity contribution in [1.82, 2.24) is 4.98 Å². The maximum atomic E-state index is 13.4. The van der Waals surface area contributed by atoms with Gasteiger partial charge in [0.2, 0.25) is 5.82 Å². The Hall–Kier alpha value is -1.46. The average molecular weight is 365 g/mol. The van der Waals surface area contributed by atoms with E-state index >= 15 is 0 Å². The summed E-state index contributed by atoms with van der Waals surface area (Å²) in [6, 6.07) is 0. The van der Waals surface area contributed by atoms with Crippen molar-refractivity contribution in [3.05, 3.63) is 39.7 Å². The number of aromatic nitrogens is 1. The Kier molecular flexibility index (Phi) is 4.08. The van der Waals surface area contributed by atoms with E-state index in [0.29, 0.717) is 11.3 Å². The smallest absolute Gasteiger partial charge is 0.273 e. The van der Waals surface area contributed by atoms with Crippen LogP contribution in [0.1, 0.15) is 0 Å². The predicted molar refractivity (Wildman–Crippen MR) is 64.2 cm³/mol. The van der Waals surface area contributed by atoms with E-state index in [1.54, 1.807) is 0 Å². The molecular formula is C9H2ClF5N2O2S2. The van der Waals surface area contributed by atoms with Crippen LogP contribution in [0.25, 0.3) is 0 Å². The van der Waals surface area contributed by atoms with Gasteiger partial charge in [0, 0.05) is 0 Å². The second-order valence-electron chi connectivity index (χ2n) is 3.48. The Morgan fingerprint density at radius 1 is 1.00 bits per heavy atom. The van der Waals surface area contributed by atoms with Crippen LogP contribution in [0, 0.1) is 29.1 Å². The van der Waals surface area contributed by atoms with Gasteiger partial charge in [0.15, 0.2) is 31.9 Å². The van der Waals surface area contributed by atoms with Gasteiger partial charge in [-0.3, -0.25) is 4.72 Å². The molecule has 0 amide bonds. The first-order valence-corrected chi connectivity index (χ1v) is 7.48. The molecule has 114 valence electrons. The molecule has 2 aromatic rings. The molecule has 0 atom stereocenters. The molecule has 0 bridgehead atoms. The predicted octanol–water partition coefficient (Wildman–Crippen LogP) is 3.29. The zero-order chi connectivity index (χ0) is 15.9. The highest BCUT2D eigenvalue weighted by atomic mass is 35.5. The lowest BCUT2D eigenvalue weighted by molar-refractivity contribution is 0.382. The second kappa shape index (κ2) is 5.39. The first-order chi connectivity index (χ1) is 9.65. The van der Waals surface area contributed by atoms with Crippen LogP contribution < -0.4 is 4.72 Å². The molecule has 0 aliphatic rings. The summed E-state index contributed by atoms with van der Waals surface area (Å²) in [5.74, 6) is -11.5. The van der Waals surface area contributed by atoms with Crippen molar-refractivity contribution in [2.75, 3.05) is 4.72 Å². The van der Waals surface area contributed by atoms with Gasteiger partial charge in [0.05, 0.1) is 6.20 Å². The van der Waals surface area contributed by atoms with Gasteiger partial charge in [-0.05, 0) is 0 Å². The van der Waals surface area contributed by atoms with Crippen LogP contribution in [0.15, 0.2) is 10.4 Å². The number of anilines is 1. The lowest BCUT2D eigenvalue weighted by atomic mass is 10.2. The Labute approximate surface area is 123 Å². The summed E-state index contributed by atoms with van der Waals surface area (Å²) in [4.78, 5) is 3.39. The van der Waals surface area contributed by atoms with Crippen LogP contribution in [0.4, 0.5) is 27.6 Å². The molecule has 0 saturated heterocycles. The van der Waals surface area contributed by atoms with Gasteiger partial charge >= 0.3 is 0 Å². The molecule has 1 aromatic carbocycles. The summed E-state index contributed by atoms with van der Waals surface area (Å²) >= 11 is 5.84. The van der Waals surface area contributed by atoms with Gasteiger partial charge < -0.3 is 0 Å². The summed E-state index contributed by atoms with van der Waals surface area (Å²) in [7, 11) is -4.60. The number of hydrogen-bond donors (Lipinski definition) is 1. The van der Waals surface area contributed by atoms with Crippen molar-refractivity contribution in [1.29, 1.82) is 0 Å². The van der Waals surface area contributed by atoms with E-state index < -0.39 is 49.0 Å². The number of thiazole rings is 1. The molecule has 4 nitrogen and oxygen atoms in total. The van der Waals surface area contributed by atoms with E-state index in [2.05, 4.69) is 4.98 Å². The van der Waals surface area contributed by atoms with Crippen LogP contribution in [-0.2, 0) is 10.0 Å². The first-order valence-electron chi connectivity index (χ1n) is 4.80. The summed E-state index contributed by atoms with van der Waals surface area (Å²) in [6.07, 6.45) is 0.765. The van der Waals surface area contributed by atoms with Gasteiger partial charge in [0.1, 0.15) is 5.69 Å². The molecular weight excluding hydrogens is 363 g/mol. The molecule has 0 aliphatic heterocycles. The van der Waals surface area contributed by atoms with Gasteiger partial charge in [0.25, 0.3) is 10.0 Å². The minimum absolute atomic E-state index is 0.187. The molecule has 0 saturated carbocycles. The van der Waals surface area contributed by atoms with Crippen LogP contribution in [0.5, 0.6) is 0 Å². The van der Waals surface area contributed by atoms with E-state index in [4.69, 9.17) is 11.6 Å². The Morgan fingerprint density at radius 2 is 1.48 bits per heavy atom. The maximum absolute atomic E-state index is 13.4. The number of rotatable bonds is 3. The Balaban J connectivity index is 2.55. The molecule has 0 fully saturated rings. The highest BCUT2D eigenvalue weighted by Gasteiger charge is 2.29. The van der Waals surface area contributed by atoms with Crippen LogP contribution in [0.3, 0.4) is 0 Å². The Morgan fingerprint density at radius 3 is 1.90 bits per heavy atom. The number of sulfonamides is 1. The van der Waals surface area contributed by atoms with Crippen LogP contribution in [-0.4, -0.2) is 13.4 Å². The normalized spacial score (nSPS) is 11.7. The molecule has 1 heterocycles. The molecule has 2 rings (SSSR count). The molecule has 0 radical (unpaired) electrons. The van der Waals surface area contributed by atoms with Gasteiger partial charge in [-0.2, -0.15) is 0 Å². The second-order valence-corrected chi connectivity index (χ2v) is 7.00. The van der Waals surface area contributed by atoms with Gasteiger partial charge in [-0.1, -0.05) is 22.9 Å². The molecule has 21 heavy (non-hydrogen) atoms. The SMILES string of the molecule is O=S(=O)(Nc1c(F)c(F)c(F)c(F)c1F)c1cnc(Cl)s1. The number of halogens is 6. The van der Waals surface area contributed by atoms with Crippen molar-refractivity contribution >= 4 is 38.6 Å². The topological polar surface area (TPSA) is 59.1 Å². The minimum atomic E-state index is -4.60. The summed E-state index contributed by atoms with van der Waals surface area (Å²) in [6.45, 7) is 0. The number of benzene rings is 1. The zero-order valence-corrected chi connectivity index (χ0v) is 11.8. The molecule has 12 heteroatoms. The standard InChI is InChI=1S/C9H2ClF5N2O2S2/c10-9-16-1-2(20-9)21(18,19)17-8-6(14)4(12)3(11)5(13)7(8)15/h1,17H. The fraction of sp³-hybridized carbons (Fsp3) is 0. The van der Waals surface area contributed by atoms with Crippen molar-refractivity contribution in [3.8, 4) is 0 Å². The lowest BCUT2D eigenvalue weighted by Gasteiger charge is -2.10. The monoisotopic (exact) mass is 364 g/mol. The molecule has 0 unspecified atom stereocenters. The summed E-state index contributed by atoms with van der Waals surface area (Å²) in [5.41, 5.74) is -1.68. The van der Waals surface area contributed by atoms with Crippen molar-refractivity contribution in [3.63, 3.8) is 0 Å². The van der Waals surface area contributed by atoms with Gasteiger partial charge in [-0.15, -0.1) is 0 Å². The van der Waals surface area contributed by atoms with Crippen LogP contribution >= 0.6 is 22.9 Å². The molecule has 1 aromatic heterocycles. The highest BCUT2D eigenvalue weighted by molar-refractivity contribution is 7.94. The number of nitrogens with zero attached hydrogens (tertiary/aromatic N) is 1. The fourth-order valence-electron chi connectivity index (χ4n) is 1.24. The van der Waals surface area contributed by atoms with E-state index in [-0.39, 0.29) is 4.47 Å². The van der Waals surface area contributed by atoms with Gasteiger partial charge in [-0.25, -0.2) is 35.4 Å². The van der Waals surface area contributed by atoms with E-state index in [9.17, 15) is 30.4 Å². The third-order valence-corrected chi connectivity index (χ3v) is 5.09. The third kappa shape index (κ3) is 2.80. The van der Waals surface area contributed by atoms with Crippen molar-refractivity contribution in [2.24, 2.45) is 0 Å². The number of nitrogens with one attached hydrogen (secondary N) is 1. The van der Waals surface area contributed by atoms with E-state index in [1.165, 1.54) is 4.72 Å². The highest BCUT2D eigenvalue weighted by Crippen LogP contribution is 2.30. The quantitative estimate of drug-likeness (QED) is 0.516. The first kappa shape index (κ1) is 15.9. The minimum Gasteiger partial charge on any atom is -0.273 e. The molecule has 0 aliphatic carbocycles. The molecule has 0 spiro atoms. The average Bonchev–Trinajstić information content (AvgIpc) is 2.87. The third-order valence-electron chi connectivity index (χ3n) is 2.17. The summed E-state index contributed by atoms with van der Waals surface area (Å²) in [5, 5.41) is 0.